The van der Waals surface area contributed by atoms with Gasteiger partial charge in [-0.15, -0.1) is 0 Å². The molecule has 1 saturated heterocycles. The number of nitrogens with one attached hydrogen (secondary N) is 2. The summed E-state index contributed by atoms with van der Waals surface area (Å²) in [6.07, 6.45) is 1.86. The summed E-state index contributed by atoms with van der Waals surface area (Å²) < 4.78 is 5.51. The number of carbonyl (C=O) groups is 1. The topological polar surface area (TPSA) is 70.6 Å². The minimum absolute atomic E-state index is 0.0226. The Morgan fingerprint density at radius 3 is 3.11 bits per heavy atom. The maximum atomic E-state index is 11.7. The fourth-order valence-electron chi connectivity index (χ4n) is 2.51. The zero-order valence-corrected chi connectivity index (χ0v) is 9.98. The van der Waals surface area contributed by atoms with Gasteiger partial charge in [-0.1, -0.05) is 0 Å². The predicted molar refractivity (Wildman–Crippen MR) is 65.5 cm³/mol. The fourth-order valence-corrected chi connectivity index (χ4v) is 2.51. The van der Waals surface area contributed by atoms with Crippen LogP contribution in [0.1, 0.15) is 24.4 Å². The maximum absolute atomic E-state index is 11.7. The number of phenols is 1. The van der Waals surface area contributed by atoms with Crippen LogP contribution in [0.5, 0.6) is 11.5 Å². The molecule has 1 amide bonds. The molecule has 3 N–H and O–H groups in total. The van der Waals surface area contributed by atoms with Gasteiger partial charge in [0.05, 0.1) is 12.1 Å². The average molecular weight is 248 g/mol. The first-order chi connectivity index (χ1) is 8.74. The normalized spacial score (nSPS) is 26.3. The maximum Gasteiger partial charge on any atom is 0.237 e. The quantitative estimate of drug-likeness (QED) is 0.720. The molecule has 0 radical (unpaired) electrons. The van der Waals surface area contributed by atoms with Gasteiger partial charge in [-0.25, -0.2) is 0 Å². The van der Waals surface area contributed by atoms with Crippen molar-refractivity contribution in [2.24, 2.45) is 0 Å². The second-order valence-electron chi connectivity index (χ2n) is 4.74. The molecule has 1 fully saturated rings. The zero-order valence-electron chi connectivity index (χ0n) is 9.98. The second kappa shape index (κ2) is 4.49. The van der Waals surface area contributed by atoms with Gasteiger partial charge in [0.1, 0.15) is 18.1 Å². The van der Waals surface area contributed by atoms with Gasteiger partial charge in [-0.2, -0.15) is 0 Å². The number of phenolic OH excluding ortho intramolecular Hbond substituents is 1. The number of fused-ring (bicyclic) bond motifs is 1. The van der Waals surface area contributed by atoms with Crippen LogP contribution >= 0.6 is 0 Å². The van der Waals surface area contributed by atoms with E-state index in [-0.39, 0.29) is 23.7 Å². The lowest BCUT2D eigenvalue weighted by Crippen LogP contribution is -2.49. The molecule has 5 nitrogen and oxygen atoms in total. The number of rotatable bonds is 2. The Balaban J connectivity index is 1.74. The van der Waals surface area contributed by atoms with E-state index in [0.717, 1.165) is 24.9 Å². The molecule has 2 atom stereocenters. The number of carbonyl (C=O) groups excluding carboxylic acids is 1. The first-order valence-corrected chi connectivity index (χ1v) is 6.23. The third kappa shape index (κ3) is 2.01. The molecular weight excluding hydrogens is 232 g/mol. The van der Waals surface area contributed by atoms with Crippen LogP contribution in [0.2, 0.25) is 0 Å². The van der Waals surface area contributed by atoms with Crippen molar-refractivity contribution in [1.29, 1.82) is 0 Å². The van der Waals surface area contributed by atoms with Crippen molar-refractivity contribution < 1.29 is 14.6 Å². The third-order valence-electron chi connectivity index (χ3n) is 3.47. The highest BCUT2D eigenvalue weighted by Gasteiger charge is 2.30. The number of hydrogen-bond acceptors (Lipinski definition) is 4. The van der Waals surface area contributed by atoms with Crippen LogP contribution in [0.4, 0.5) is 0 Å². The Morgan fingerprint density at radius 1 is 1.39 bits per heavy atom. The van der Waals surface area contributed by atoms with E-state index in [1.165, 1.54) is 0 Å². The Hall–Kier alpha value is -1.75. The summed E-state index contributed by atoms with van der Waals surface area (Å²) in [6.45, 7) is 1.27. The summed E-state index contributed by atoms with van der Waals surface area (Å²) in [5, 5.41) is 15.6. The van der Waals surface area contributed by atoms with Gasteiger partial charge >= 0.3 is 0 Å². The summed E-state index contributed by atoms with van der Waals surface area (Å²) in [4.78, 5) is 11.7. The Labute approximate surface area is 105 Å². The lowest BCUT2D eigenvalue weighted by atomic mass is 10.0. The summed E-state index contributed by atoms with van der Waals surface area (Å²) in [7, 11) is 0. The van der Waals surface area contributed by atoms with Gasteiger partial charge in [-0.3, -0.25) is 10.1 Å². The standard InChI is InChI=1S/C13H16N2O3/c16-8-3-4-9-11(7-18-12(9)6-8)15-10-2-1-5-14-13(10)17/h3-4,6,10-11,15-16H,1-2,5,7H2,(H,14,17). The van der Waals surface area contributed by atoms with E-state index in [1.807, 2.05) is 6.07 Å². The first kappa shape index (κ1) is 11.3. The van der Waals surface area contributed by atoms with Gasteiger partial charge < -0.3 is 15.2 Å². The minimum Gasteiger partial charge on any atom is -0.508 e. The molecule has 18 heavy (non-hydrogen) atoms. The molecule has 2 heterocycles. The fraction of sp³-hybridized carbons (Fsp3) is 0.462. The van der Waals surface area contributed by atoms with E-state index in [9.17, 15) is 9.90 Å². The monoisotopic (exact) mass is 248 g/mol. The largest absolute Gasteiger partial charge is 0.508 e. The lowest BCUT2D eigenvalue weighted by Gasteiger charge is -2.25. The van der Waals surface area contributed by atoms with E-state index >= 15 is 0 Å². The molecule has 2 aliphatic rings. The van der Waals surface area contributed by atoms with Crippen LogP contribution < -0.4 is 15.4 Å². The minimum atomic E-state index is -0.146. The van der Waals surface area contributed by atoms with Gasteiger partial charge in [0.15, 0.2) is 0 Å². The van der Waals surface area contributed by atoms with Crippen molar-refractivity contribution in [2.45, 2.75) is 24.9 Å². The highest BCUT2D eigenvalue weighted by molar-refractivity contribution is 5.82. The summed E-state index contributed by atoms with van der Waals surface area (Å²) in [5.74, 6) is 0.960. The molecule has 2 aliphatic heterocycles. The predicted octanol–water partition coefficient (Wildman–Crippen LogP) is 0.694. The number of hydrogen-bond donors (Lipinski definition) is 3. The number of benzene rings is 1. The molecular formula is C13H16N2O3. The lowest BCUT2D eigenvalue weighted by molar-refractivity contribution is -0.124. The van der Waals surface area contributed by atoms with Crippen LogP contribution in [0.25, 0.3) is 0 Å². The highest BCUT2D eigenvalue weighted by atomic mass is 16.5. The van der Waals surface area contributed by atoms with Crippen molar-refractivity contribution in [1.82, 2.24) is 10.6 Å². The number of ether oxygens (including phenoxy) is 1. The molecule has 3 rings (SSSR count). The zero-order chi connectivity index (χ0) is 12.5. The van der Waals surface area contributed by atoms with Gasteiger partial charge in [0, 0.05) is 18.2 Å². The molecule has 96 valence electrons. The van der Waals surface area contributed by atoms with Crippen LogP contribution in [0.15, 0.2) is 18.2 Å². The first-order valence-electron chi connectivity index (χ1n) is 6.23. The third-order valence-corrected chi connectivity index (χ3v) is 3.47. The summed E-state index contributed by atoms with van der Waals surface area (Å²) in [5.41, 5.74) is 1.01. The van der Waals surface area contributed by atoms with Gasteiger partial charge in [-0.05, 0) is 25.0 Å². The molecule has 1 aromatic carbocycles. The van der Waals surface area contributed by atoms with Crippen LogP contribution in [0, 0.1) is 0 Å². The Morgan fingerprint density at radius 2 is 2.28 bits per heavy atom. The van der Waals surface area contributed by atoms with Crippen molar-refractivity contribution in [3.8, 4) is 11.5 Å². The van der Waals surface area contributed by atoms with Crippen molar-refractivity contribution in [3.05, 3.63) is 23.8 Å². The van der Waals surface area contributed by atoms with Gasteiger partial charge in [0.2, 0.25) is 5.91 Å². The van der Waals surface area contributed by atoms with Crippen molar-refractivity contribution >= 4 is 5.91 Å². The highest BCUT2D eigenvalue weighted by Crippen LogP contribution is 2.35. The Kier molecular flexibility index (Phi) is 2.83. The molecule has 0 saturated carbocycles. The molecule has 0 bridgehead atoms. The molecule has 0 spiro atoms. The van der Waals surface area contributed by atoms with Gasteiger partial charge in [0.25, 0.3) is 0 Å². The SMILES string of the molecule is O=C1NCCCC1NC1COc2cc(O)ccc21. The molecule has 1 aromatic rings. The smallest absolute Gasteiger partial charge is 0.237 e. The van der Waals surface area contributed by atoms with Crippen molar-refractivity contribution in [2.75, 3.05) is 13.2 Å². The van der Waals surface area contributed by atoms with E-state index in [2.05, 4.69) is 10.6 Å². The number of aromatic hydroxyl groups is 1. The molecule has 0 aliphatic carbocycles. The van der Waals surface area contributed by atoms with Crippen LogP contribution in [-0.2, 0) is 4.79 Å². The molecule has 2 unspecified atom stereocenters. The number of amides is 1. The second-order valence-corrected chi connectivity index (χ2v) is 4.74. The van der Waals surface area contributed by atoms with E-state index in [0.29, 0.717) is 12.4 Å². The van der Waals surface area contributed by atoms with Crippen molar-refractivity contribution in [3.63, 3.8) is 0 Å². The summed E-state index contributed by atoms with van der Waals surface area (Å²) >= 11 is 0. The van der Waals surface area contributed by atoms with E-state index < -0.39 is 0 Å². The van der Waals surface area contributed by atoms with E-state index in [1.54, 1.807) is 12.1 Å². The average Bonchev–Trinajstić information content (AvgIpc) is 2.74. The van der Waals surface area contributed by atoms with Crippen LogP contribution in [-0.4, -0.2) is 30.2 Å². The Bertz CT molecular complexity index is 475. The molecule has 0 aromatic heterocycles. The van der Waals surface area contributed by atoms with Crippen LogP contribution in [0.3, 0.4) is 0 Å². The summed E-state index contributed by atoms with van der Waals surface area (Å²) in [6, 6.07) is 4.97. The number of piperidine rings is 1. The van der Waals surface area contributed by atoms with E-state index in [4.69, 9.17) is 4.74 Å². The molecule has 5 heteroatoms.